The van der Waals surface area contributed by atoms with Crippen molar-refractivity contribution in [1.29, 1.82) is 0 Å². The van der Waals surface area contributed by atoms with Gasteiger partial charge in [-0.25, -0.2) is 4.99 Å². The highest BCUT2D eigenvalue weighted by molar-refractivity contribution is 6.03. The minimum atomic E-state index is -0.433. The van der Waals surface area contributed by atoms with Crippen molar-refractivity contribution >= 4 is 11.8 Å². The van der Waals surface area contributed by atoms with E-state index in [1.165, 1.54) is 6.42 Å². The largest absolute Gasteiger partial charge is 0.483 e. The van der Waals surface area contributed by atoms with Crippen molar-refractivity contribution in [2.75, 3.05) is 13.7 Å². The summed E-state index contributed by atoms with van der Waals surface area (Å²) in [7, 11) is 1.70. The lowest BCUT2D eigenvalue weighted by atomic mass is 9.68. The van der Waals surface area contributed by atoms with Crippen LogP contribution in [-0.4, -0.2) is 41.4 Å². The van der Waals surface area contributed by atoms with Gasteiger partial charge >= 0.3 is 0 Å². The molecule has 0 aromatic heterocycles. The monoisotopic (exact) mass is 234 g/mol. The summed E-state index contributed by atoms with van der Waals surface area (Å²) in [5.41, 5.74) is -0.597. The summed E-state index contributed by atoms with van der Waals surface area (Å²) in [6, 6.07) is 0. The highest BCUT2D eigenvalue weighted by atomic mass is 16.5. The average Bonchev–Trinajstić information content (AvgIpc) is 2.93. The zero-order valence-electron chi connectivity index (χ0n) is 10.2. The number of ether oxygens (including phenoxy) is 1. The Kier molecular flexibility index (Phi) is 1.66. The fourth-order valence-corrected chi connectivity index (χ4v) is 4.67. The summed E-state index contributed by atoms with van der Waals surface area (Å²) in [6.45, 7) is 0.898. The van der Waals surface area contributed by atoms with Crippen molar-refractivity contribution in [2.24, 2.45) is 10.9 Å². The Hall–Kier alpha value is -1.06. The molecule has 2 saturated heterocycles. The third-order valence-electron chi connectivity index (χ3n) is 5.37. The van der Waals surface area contributed by atoms with Crippen LogP contribution in [0.15, 0.2) is 4.99 Å². The van der Waals surface area contributed by atoms with Gasteiger partial charge < -0.3 is 9.64 Å². The average molecular weight is 234 g/mol. The van der Waals surface area contributed by atoms with E-state index in [4.69, 9.17) is 9.73 Å². The Morgan fingerprint density at radius 2 is 2.29 bits per heavy atom. The number of carbonyl (C=O) groups is 1. The van der Waals surface area contributed by atoms with Crippen LogP contribution < -0.4 is 0 Å². The molecule has 2 spiro atoms. The van der Waals surface area contributed by atoms with Gasteiger partial charge in [-0.15, -0.1) is 0 Å². The van der Waals surface area contributed by atoms with Gasteiger partial charge in [-0.1, -0.05) is 6.42 Å². The molecule has 92 valence electrons. The van der Waals surface area contributed by atoms with Gasteiger partial charge in [0.25, 0.3) is 5.91 Å². The van der Waals surface area contributed by atoms with Crippen LogP contribution in [0.1, 0.15) is 38.5 Å². The van der Waals surface area contributed by atoms with Gasteiger partial charge in [0.2, 0.25) is 5.90 Å². The van der Waals surface area contributed by atoms with E-state index in [1.807, 2.05) is 0 Å². The van der Waals surface area contributed by atoms with Gasteiger partial charge in [-0.05, 0) is 38.0 Å². The molecule has 0 unspecified atom stereocenters. The van der Waals surface area contributed by atoms with Crippen molar-refractivity contribution in [2.45, 2.75) is 49.6 Å². The van der Waals surface area contributed by atoms with Crippen LogP contribution in [0.5, 0.6) is 0 Å². The van der Waals surface area contributed by atoms with Crippen molar-refractivity contribution in [3.63, 3.8) is 0 Å². The molecule has 5 aliphatic rings. The predicted molar refractivity (Wildman–Crippen MR) is 62.8 cm³/mol. The SMILES string of the molecule is COC1=N[C@@]23CCC[C@H]2C[C@@]12CCCN2C3=O. The number of piperidine rings is 1. The Bertz CT molecular complexity index is 433. The molecule has 4 nitrogen and oxygen atoms in total. The minimum Gasteiger partial charge on any atom is -0.483 e. The molecular formula is C13H18N2O2. The van der Waals surface area contributed by atoms with Crippen LogP contribution in [0.2, 0.25) is 0 Å². The zero-order valence-corrected chi connectivity index (χ0v) is 10.2. The minimum absolute atomic E-state index is 0.164. The second-order valence-electron chi connectivity index (χ2n) is 5.93. The van der Waals surface area contributed by atoms with Gasteiger partial charge in [0.15, 0.2) is 0 Å². The predicted octanol–water partition coefficient (Wildman–Crippen LogP) is 1.35. The van der Waals surface area contributed by atoms with Crippen molar-refractivity contribution in [3.8, 4) is 0 Å². The number of hydrogen-bond donors (Lipinski definition) is 0. The van der Waals surface area contributed by atoms with Crippen molar-refractivity contribution in [1.82, 2.24) is 4.90 Å². The summed E-state index contributed by atoms with van der Waals surface area (Å²) in [5.74, 6) is 1.61. The van der Waals surface area contributed by atoms with Crippen molar-refractivity contribution < 1.29 is 9.53 Å². The molecule has 17 heavy (non-hydrogen) atoms. The molecule has 1 amide bonds. The summed E-state index contributed by atoms with van der Waals surface area (Å²) in [4.78, 5) is 19.6. The maximum Gasteiger partial charge on any atom is 0.251 e. The third-order valence-corrected chi connectivity index (χ3v) is 5.37. The lowest BCUT2D eigenvalue weighted by Crippen LogP contribution is -2.70. The number of methoxy groups -OCH3 is 1. The van der Waals surface area contributed by atoms with E-state index in [0.717, 1.165) is 44.5 Å². The summed E-state index contributed by atoms with van der Waals surface area (Å²) in [5, 5.41) is 0. The van der Waals surface area contributed by atoms with E-state index >= 15 is 0 Å². The van der Waals surface area contributed by atoms with Gasteiger partial charge in [0.1, 0.15) is 11.1 Å². The van der Waals surface area contributed by atoms with Gasteiger partial charge in [-0.3, -0.25) is 4.79 Å². The lowest BCUT2D eigenvalue weighted by Gasteiger charge is -2.54. The molecule has 3 atom stereocenters. The molecule has 5 rings (SSSR count). The van der Waals surface area contributed by atoms with Gasteiger partial charge in [0.05, 0.1) is 7.11 Å². The van der Waals surface area contributed by atoms with Crippen LogP contribution in [0.3, 0.4) is 0 Å². The Morgan fingerprint density at radius 3 is 3.12 bits per heavy atom. The first kappa shape index (κ1) is 9.92. The summed E-state index contributed by atoms with van der Waals surface area (Å²) in [6.07, 6.45) is 6.46. The van der Waals surface area contributed by atoms with Crippen molar-refractivity contribution in [3.05, 3.63) is 0 Å². The first-order valence-corrected chi connectivity index (χ1v) is 6.69. The van der Waals surface area contributed by atoms with Crippen LogP contribution in [0, 0.1) is 5.92 Å². The molecule has 0 radical (unpaired) electrons. The molecule has 0 N–H and O–H groups in total. The second-order valence-corrected chi connectivity index (χ2v) is 5.93. The Morgan fingerprint density at radius 1 is 1.41 bits per heavy atom. The highest BCUT2D eigenvalue weighted by Crippen LogP contribution is 2.57. The summed E-state index contributed by atoms with van der Waals surface area (Å²) >= 11 is 0. The Balaban J connectivity index is 1.94. The molecule has 4 heteroatoms. The molecule has 1 saturated carbocycles. The van der Waals surface area contributed by atoms with E-state index in [1.54, 1.807) is 7.11 Å². The smallest absolute Gasteiger partial charge is 0.251 e. The number of carbonyl (C=O) groups excluding carboxylic acids is 1. The van der Waals surface area contributed by atoms with Gasteiger partial charge in [-0.2, -0.15) is 0 Å². The molecule has 1 aliphatic carbocycles. The normalized spacial score (nSPS) is 46.9. The molecule has 0 aromatic rings. The Labute approximate surface area is 101 Å². The number of nitrogens with zero attached hydrogens (tertiary/aromatic N) is 2. The van der Waals surface area contributed by atoms with Crippen LogP contribution >= 0.6 is 0 Å². The maximum atomic E-state index is 12.7. The van der Waals surface area contributed by atoms with Crippen LogP contribution in [0.4, 0.5) is 0 Å². The molecule has 4 heterocycles. The molecule has 2 bridgehead atoms. The number of aliphatic imine (C=N–C) groups is 1. The number of rotatable bonds is 0. The standard InChI is InChI=1S/C13H18N2O2/c1-17-10-12-5-3-7-15(12)11(16)13(14-10)6-2-4-9(13)8-12/h9H,2-8H2,1H3/t9-,12-,13-/m0/s1. The van der Waals surface area contributed by atoms with Crippen LogP contribution in [-0.2, 0) is 9.53 Å². The maximum absolute atomic E-state index is 12.7. The van der Waals surface area contributed by atoms with E-state index in [0.29, 0.717) is 11.8 Å². The van der Waals surface area contributed by atoms with Gasteiger partial charge in [0, 0.05) is 6.54 Å². The quantitative estimate of drug-likeness (QED) is 0.635. The molecular weight excluding hydrogens is 216 g/mol. The molecule has 0 aromatic carbocycles. The topological polar surface area (TPSA) is 41.9 Å². The van der Waals surface area contributed by atoms with E-state index in [-0.39, 0.29) is 5.54 Å². The first-order chi connectivity index (χ1) is 8.23. The first-order valence-electron chi connectivity index (χ1n) is 6.69. The fraction of sp³-hybridized carbons (Fsp3) is 0.846. The zero-order chi connectivity index (χ0) is 11.7. The third kappa shape index (κ3) is 0.893. The number of amides is 1. The summed E-state index contributed by atoms with van der Waals surface area (Å²) < 4.78 is 5.54. The van der Waals surface area contributed by atoms with Crippen LogP contribution in [0.25, 0.3) is 0 Å². The fourth-order valence-electron chi connectivity index (χ4n) is 4.67. The molecule has 4 aliphatic heterocycles. The van der Waals surface area contributed by atoms with E-state index in [9.17, 15) is 4.79 Å². The highest BCUT2D eigenvalue weighted by Gasteiger charge is 2.68. The van der Waals surface area contributed by atoms with E-state index < -0.39 is 5.54 Å². The lowest BCUT2D eigenvalue weighted by molar-refractivity contribution is -0.149. The molecule has 3 fully saturated rings. The second kappa shape index (κ2) is 2.85. The number of hydrogen-bond acceptors (Lipinski definition) is 3. The van der Waals surface area contributed by atoms with E-state index in [2.05, 4.69) is 4.90 Å².